The van der Waals surface area contributed by atoms with Crippen LogP contribution < -0.4 is 25.8 Å². The van der Waals surface area contributed by atoms with Gasteiger partial charge in [-0.1, -0.05) is 0 Å². The Bertz CT molecular complexity index is 2200. The number of methoxy groups -OCH3 is 2. The van der Waals surface area contributed by atoms with Crippen molar-refractivity contribution in [2.75, 3.05) is 43.7 Å². The number of amides is 2. The summed E-state index contributed by atoms with van der Waals surface area (Å²) in [5.41, 5.74) is 7.21. The SMILES string of the molecule is CCOc1cc([C@H](Nc2ccc3c(N)nccc3c2)C(=O)N2CCC[C@@H]2c2cc(NC(=O)OC)ccc2S(=O)(=O)C(C)C)c(F)cc1OC.O=C(O)C(F)(F)F. The van der Waals surface area contributed by atoms with Gasteiger partial charge in [0, 0.05) is 41.1 Å². The van der Waals surface area contributed by atoms with Crippen molar-refractivity contribution in [1.29, 1.82) is 0 Å². The van der Waals surface area contributed by atoms with Crippen molar-refractivity contribution >= 4 is 55.8 Å². The van der Waals surface area contributed by atoms with Gasteiger partial charge in [-0.2, -0.15) is 13.2 Å². The molecule has 0 aliphatic carbocycles. The second kappa shape index (κ2) is 17.7. The maximum atomic E-state index is 16.0. The van der Waals surface area contributed by atoms with Crippen LogP contribution in [0.1, 0.15) is 56.8 Å². The third-order valence-electron chi connectivity index (χ3n) is 8.75. The van der Waals surface area contributed by atoms with Crippen LogP contribution in [0.15, 0.2) is 65.7 Å². The zero-order valence-electron chi connectivity index (χ0n) is 30.9. The van der Waals surface area contributed by atoms with E-state index in [2.05, 4.69) is 15.6 Å². The smallest absolute Gasteiger partial charge is 0.490 e. The number of rotatable bonds is 11. The number of ether oxygens (including phenoxy) is 3. The number of aromatic nitrogens is 1. The fraction of sp³-hybridized carbons (Fsp3) is 0.351. The number of anilines is 3. The summed E-state index contributed by atoms with van der Waals surface area (Å²) in [6.45, 7) is 5.47. The molecule has 4 aromatic rings. The largest absolute Gasteiger partial charge is 0.493 e. The van der Waals surface area contributed by atoms with Crippen LogP contribution in [0.3, 0.4) is 0 Å². The van der Waals surface area contributed by atoms with Crippen molar-refractivity contribution in [3.8, 4) is 11.5 Å². The van der Waals surface area contributed by atoms with E-state index >= 15 is 4.39 Å². The first-order chi connectivity index (χ1) is 26.3. The molecule has 1 aromatic heterocycles. The Hall–Kier alpha value is -5.85. The molecule has 19 heteroatoms. The minimum absolute atomic E-state index is 0.00498. The highest BCUT2D eigenvalue weighted by Crippen LogP contribution is 2.42. The molecule has 5 N–H and O–H groups in total. The molecule has 3 aromatic carbocycles. The van der Waals surface area contributed by atoms with E-state index in [4.69, 9.17) is 29.8 Å². The Balaban J connectivity index is 0.000000908. The summed E-state index contributed by atoms with van der Waals surface area (Å²) in [4.78, 5) is 41.5. The average Bonchev–Trinajstić information content (AvgIpc) is 3.64. The summed E-state index contributed by atoms with van der Waals surface area (Å²) < 4.78 is 90.7. The lowest BCUT2D eigenvalue weighted by molar-refractivity contribution is -0.192. The average molecular weight is 808 g/mol. The highest BCUT2D eigenvalue weighted by Gasteiger charge is 2.40. The van der Waals surface area contributed by atoms with Gasteiger partial charge in [0.05, 0.1) is 37.0 Å². The monoisotopic (exact) mass is 807 g/mol. The number of sulfone groups is 1. The van der Waals surface area contributed by atoms with E-state index in [0.717, 1.165) is 5.39 Å². The van der Waals surface area contributed by atoms with Gasteiger partial charge in [0.1, 0.15) is 17.7 Å². The first-order valence-electron chi connectivity index (χ1n) is 17.1. The van der Waals surface area contributed by atoms with Gasteiger partial charge in [-0.25, -0.2) is 27.4 Å². The van der Waals surface area contributed by atoms with Gasteiger partial charge in [0.15, 0.2) is 21.3 Å². The van der Waals surface area contributed by atoms with Gasteiger partial charge < -0.3 is 35.3 Å². The zero-order chi connectivity index (χ0) is 41.5. The van der Waals surface area contributed by atoms with Crippen LogP contribution in [0.5, 0.6) is 11.5 Å². The molecule has 0 unspecified atom stereocenters. The van der Waals surface area contributed by atoms with Crippen molar-refractivity contribution in [3.63, 3.8) is 0 Å². The highest BCUT2D eigenvalue weighted by molar-refractivity contribution is 7.92. The summed E-state index contributed by atoms with van der Waals surface area (Å²) in [5, 5.41) is 13.7. The van der Waals surface area contributed by atoms with Gasteiger partial charge >= 0.3 is 18.2 Å². The number of nitrogens with one attached hydrogen (secondary N) is 2. The maximum Gasteiger partial charge on any atom is 0.490 e. The highest BCUT2D eigenvalue weighted by atomic mass is 32.2. The number of alkyl halides is 3. The van der Waals surface area contributed by atoms with E-state index in [9.17, 15) is 31.2 Å². The minimum atomic E-state index is -5.08. The van der Waals surface area contributed by atoms with Crippen molar-refractivity contribution < 1.29 is 59.7 Å². The van der Waals surface area contributed by atoms with E-state index in [1.807, 2.05) is 0 Å². The summed E-state index contributed by atoms with van der Waals surface area (Å²) in [6.07, 6.45) is -3.26. The normalized spacial score (nSPS) is 14.8. The first-order valence-corrected chi connectivity index (χ1v) is 18.6. The standard InChI is InChI=1S/C35H40FN5O7S.C2HF3O2/c1-6-48-30-18-25(27(36)19-29(30)46-4)32(39-22-9-11-24-21(16-22)13-14-38-33(24)37)34(42)41-15-7-8-28(41)26-17-23(40-35(43)47-5)10-12-31(26)49(44,45)20(2)3;3-2(4,5)1(6)7/h9-14,16-20,28,32,39H,6-8,15H2,1-5H3,(H2,37,38)(H,40,43);(H,6,7)/t28-,32+;/m1./s1. The predicted molar refractivity (Wildman–Crippen MR) is 199 cm³/mol. The van der Waals surface area contributed by atoms with Crippen LogP contribution in [0.2, 0.25) is 0 Å². The topological polar surface area (TPSA) is 199 Å². The molecule has 1 aliphatic heterocycles. The molecule has 5 rings (SSSR count). The van der Waals surface area contributed by atoms with Crippen LogP contribution in [-0.4, -0.2) is 80.2 Å². The Labute approximate surface area is 319 Å². The second-order valence-corrected chi connectivity index (χ2v) is 15.1. The third-order valence-corrected chi connectivity index (χ3v) is 11.0. The number of fused-ring (bicyclic) bond motifs is 1. The number of hydrogen-bond donors (Lipinski definition) is 4. The molecule has 2 amide bonds. The molecule has 1 aliphatic rings. The number of hydrogen-bond acceptors (Lipinski definition) is 11. The molecule has 1 fully saturated rings. The van der Waals surface area contributed by atoms with Crippen LogP contribution >= 0.6 is 0 Å². The van der Waals surface area contributed by atoms with Gasteiger partial charge in [0.25, 0.3) is 0 Å². The van der Waals surface area contributed by atoms with Crippen LogP contribution in [-0.2, 0) is 24.2 Å². The van der Waals surface area contributed by atoms with Crippen molar-refractivity contribution in [2.24, 2.45) is 0 Å². The van der Waals surface area contributed by atoms with E-state index in [1.54, 1.807) is 62.2 Å². The van der Waals surface area contributed by atoms with Crippen molar-refractivity contribution in [2.45, 2.75) is 62.0 Å². The number of likely N-dealkylation sites (tertiary alicyclic amines) is 1. The summed E-state index contributed by atoms with van der Waals surface area (Å²) in [6, 6.07) is 12.1. The quantitative estimate of drug-likeness (QED) is 0.115. The number of carboxylic acids is 1. The number of nitrogens with zero attached hydrogens (tertiary/aromatic N) is 2. The summed E-state index contributed by atoms with van der Waals surface area (Å²) in [7, 11) is -1.21. The number of benzene rings is 3. The Morgan fingerprint density at radius 2 is 1.71 bits per heavy atom. The van der Waals surface area contributed by atoms with Gasteiger partial charge in [-0.05, 0) is 93.1 Å². The molecule has 0 radical (unpaired) electrons. The molecule has 14 nitrogen and oxygen atoms in total. The number of carbonyl (C=O) groups excluding carboxylic acids is 2. The zero-order valence-corrected chi connectivity index (χ0v) is 31.8. The van der Waals surface area contributed by atoms with Crippen molar-refractivity contribution in [3.05, 3.63) is 77.7 Å². The third kappa shape index (κ3) is 9.68. The van der Waals surface area contributed by atoms with Gasteiger partial charge in [-0.15, -0.1) is 0 Å². The lowest BCUT2D eigenvalue weighted by Crippen LogP contribution is -2.38. The first kappa shape index (κ1) is 42.9. The molecule has 2 atom stereocenters. The lowest BCUT2D eigenvalue weighted by Gasteiger charge is -2.32. The van der Waals surface area contributed by atoms with Crippen molar-refractivity contribution in [1.82, 2.24) is 9.88 Å². The summed E-state index contributed by atoms with van der Waals surface area (Å²) >= 11 is 0. The van der Waals surface area contributed by atoms with Crippen LogP contribution in [0.4, 0.5) is 39.5 Å². The summed E-state index contributed by atoms with van der Waals surface area (Å²) in [5.74, 6) is -3.20. The van der Waals surface area contributed by atoms with Crippen LogP contribution in [0.25, 0.3) is 10.8 Å². The number of nitrogens with two attached hydrogens (primary N) is 1. The van der Waals surface area contributed by atoms with E-state index < -0.39 is 57.1 Å². The molecule has 0 saturated carbocycles. The maximum absolute atomic E-state index is 16.0. The molecule has 302 valence electrons. The molecular weight excluding hydrogens is 766 g/mol. The fourth-order valence-corrected chi connectivity index (χ4v) is 7.31. The van der Waals surface area contributed by atoms with E-state index in [-0.39, 0.29) is 35.1 Å². The molecule has 56 heavy (non-hydrogen) atoms. The van der Waals surface area contributed by atoms with Gasteiger partial charge in [-0.3, -0.25) is 10.1 Å². The number of halogens is 4. The predicted octanol–water partition coefficient (Wildman–Crippen LogP) is 6.87. The van der Waals surface area contributed by atoms with Crippen LogP contribution in [0, 0.1) is 5.82 Å². The van der Waals surface area contributed by atoms with E-state index in [1.165, 1.54) is 38.5 Å². The molecular formula is C37H41F4N5O9S. The molecule has 1 saturated heterocycles. The molecule has 2 heterocycles. The minimum Gasteiger partial charge on any atom is -0.493 e. The van der Waals surface area contributed by atoms with E-state index in [0.29, 0.717) is 41.0 Å². The lowest BCUT2D eigenvalue weighted by atomic mass is 10.00. The number of carboxylic acid groups (broad SMARTS) is 1. The second-order valence-electron chi connectivity index (χ2n) is 12.6. The Kier molecular flexibility index (Phi) is 13.6. The number of carbonyl (C=O) groups is 3. The Morgan fingerprint density at radius 1 is 1.04 bits per heavy atom. The fourth-order valence-electron chi connectivity index (χ4n) is 6.02. The van der Waals surface area contributed by atoms with Gasteiger partial charge in [0.2, 0.25) is 5.91 Å². The number of pyridine rings is 1. The Morgan fingerprint density at radius 3 is 2.32 bits per heavy atom. The molecule has 0 bridgehead atoms. The number of aliphatic carboxylic acids is 1. The molecule has 0 spiro atoms. The number of nitrogen functional groups attached to an aromatic ring is 1.